The Bertz CT molecular complexity index is 657. The number of nitrogens with two attached hydrogens (primary N) is 1. The Kier molecular flexibility index (Phi) is 5.33. The first kappa shape index (κ1) is 16.2. The predicted molar refractivity (Wildman–Crippen MR) is 87.6 cm³/mol. The summed E-state index contributed by atoms with van der Waals surface area (Å²) in [6.07, 6.45) is 0.876. The van der Waals surface area contributed by atoms with Gasteiger partial charge < -0.3 is 15.8 Å². The second kappa shape index (κ2) is 7.22. The second-order valence-corrected chi connectivity index (χ2v) is 5.47. The molecular formula is C17H23N3O2. The summed E-state index contributed by atoms with van der Waals surface area (Å²) < 4.78 is 5.22. The number of benzene rings is 1. The number of pyridine rings is 1. The van der Waals surface area contributed by atoms with Crippen molar-refractivity contribution in [3.8, 4) is 5.88 Å². The average Bonchev–Trinajstić information content (AvgIpc) is 2.57. The van der Waals surface area contributed by atoms with Crippen LogP contribution in [0.3, 0.4) is 0 Å². The van der Waals surface area contributed by atoms with Crippen LogP contribution in [0.15, 0.2) is 30.3 Å². The van der Waals surface area contributed by atoms with Crippen LogP contribution in [0.4, 0.5) is 0 Å². The number of para-hydroxylation sites is 1. The van der Waals surface area contributed by atoms with Gasteiger partial charge in [0.25, 0.3) is 0 Å². The quantitative estimate of drug-likeness (QED) is 0.857. The molecule has 0 radical (unpaired) electrons. The topological polar surface area (TPSA) is 77.2 Å². The van der Waals surface area contributed by atoms with Gasteiger partial charge in [0.15, 0.2) is 0 Å². The monoisotopic (exact) mass is 301 g/mol. The molecule has 22 heavy (non-hydrogen) atoms. The van der Waals surface area contributed by atoms with Crippen molar-refractivity contribution in [2.24, 2.45) is 11.7 Å². The van der Waals surface area contributed by atoms with Crippen LogP contribution in [0.25, 0.3) is 10.9 Å². The molecule has 1 heterocycles. The van der Waals surface area contributed by atoms with E-state index >= 15 is 0 Å². The molecule has 0 aliphatic rings. The summed E-state index contributed by atoms with van der Waals surface area (Å²) in [7, 11) is 1.58. The number of rotatable bonds is 6. The molecule has 0 bridgehead atoms. The lowest BCUT2D eigenvalue weighted by Gasteiger charge is -2.18. The molecule has 1 aromatic heterocycles. The van der Waals surface area contributed by atoms with Crippen LogP contribution in [0.5, 0.6) is 5.88 Å². The second-order valence-electron chi connectivity index (χ2n) is 5.47. The van der Waals surface area contributed by atoms with Crippen molar-refractivity contribution >= 4 is 16.8 Å². The van der Waals surface area contributed by atoms with Crippen LogP contribution in [0.1, 0.15) is 25.8 Å². The van der Waals surface area contributed by atoms with E-state index in [1.165, 1.54) is 0 Å². The zero-order chi connectivity index (χ0) is 16.1. The third-order valence-corrected chi connectivity index (χ3v) is 4.00. The zero-order valence-corrected chi connectivity index (χ0v) is 13.3. The van der Waals surface area contributed by atoms with Crippen LogP contribution in [-0.2, 0) is 11.3 Å². The molecule has 0 aliphatic carbocycles. The van der Waals surface area contributed by atoms with Gasteiger partial charge in [-0.3, -0.25) is 4.79 Å². The normalized spacial score (nSPS) is 13.6. The minimum Gasteiger partial charge on any atom is -0.481 e. The summed E-state index contributed by atoms with van der Waals surface area (Å²) in [4.78, 5) is 16.5. The number of nitrogens with zero attached hydrogens (tertiary/aromatic N) is 1. The van der Waals surface area contributed by atoms with E-state index in [-0.39, 0.29) is 11.8 Å². The van der Waals surface area contributed by atoms with E-state index < -0.39 is 6.04 Å². The first-order chi connectivity index (χ1) is 10.6. The zero-order valence-electron chi connectivity index (χ0n) is 13.3. The smallest absolute Gasteiger partial charge is 0.237 e. The molecule has 1 amide bonds. The van der Waals surface area contributed by atoms with Gasteiger partial charge in [0, 0.05) is 18.0 Å². The SMILES string of the molecule is CCC(C)C(N)C(=O)NCc1cc(OC)nc2ccccc12. The van der Waals surface area contributed by atoms with Gasteiger partial charge in [-0.2, -0.15) is 0 Å². The molecule has 2 atom stereocenters. The fourth-order valence-corrected chi connectivity index (χ4v) is 2.28. The maximum atomic E-state index is 12.1. The maximum absolute atomic E-state index is 12.1. The molecule has 0 fully saturated rings. The Morgan fingerprint density at radius 1 is 1.41 bits per heavy atom. The standard InChI is InChI=1S/C17H23N3O2/c1-4-11(2)16(18)17(21)19-10-12-9-15(22-3)20-14-8-6-5-7-13(12)14/h5-9,11,16H,4,10,18H2,1-3H3,(H,19,21). The molecule has 2 rings (SSSR count). The number of carbonyl (C=O) groups excluding carboxylic acids is 1. The van der Waals surface area contributed by atoms with E-state index in [4.69, 9.17) is 10.5 Å². The molecule has 0 saturated heterocycles. The Morgan fingerprint density at radius 3 is 2.82 bits per heavy atom. The van der Waals surface area contributed by atoms with Crippen LogP contribution < -0.4 is 15.8 Å². The van der Waals surface area contributed by atoms with Gasteiger partial charge in [0.2, 0.25) is 11.8 Å². The molecule has 2 unspecified atom stereocenters. The molecule has 5 nitrogen and oxygen atoms in total. The average molecular weight is 301 g/mol. The number of aromatic nitrogens is 1. The highest BCUT2D eigenvalue weighted by molar-refractivity contribution is 5.85. The minimum atomic E-state index is -0.486. The first-order valence-electron chi connectivity index (χ1n) is 7.52. The van der Waals surface area contributed by atoms with E-state index in [9.17, 15) is 4.79 Å². The molecule has 3 N–H and O–H groups in total. The van der Waals surface area contributed by atoms with Crippen LogP contribution in [0.2, 0.25) is 0 Å². The molecule has 2 aromatic rings. The van der Waals surface area contributed by atoms with Gasteiger partial charge in [-0.25, -0.2) is 4.98 Å². The lowest BCUT2D eigenvalue weighted by molar-refractivity contribution is -0.123. The van der Waals surface area contributed by atoms with Gasteiger partial charge in [-0.1, -0.05) is 38.5 Å². The fourth-order valence-electron chi connectivity index (χ4n) is 2.28. The molecule has 0 saturated carbocycles. The largest absolute Gasteiger partial charge is 0.481 e. The van der Waals surface area contributed by atoms with Gasteiger partial charge in [0.05, 0.1) is 18.7 Å². The Balaban J connectivity index is 2.19. The van der Waals surface area contributed by atoms with Gasteiger partial charge in [-0.05, 0) is 17.5 Å². The number of amides is 1. The number of ether oxygens (including phenoxy) is 1. The van der Waals surface area contributed by atoms with E-state index in [0.29, 0.717) is 12.4 Å². The molecule has 0 spiro atoms. The summed E-state index contributed by atoms with van der Waals surface area (Å²) in [6, 6.07) is 9.14. The third kappa shape index (κ3) is 3.54. The van der Waals surface area contributed by atoms with Gasteiger partial charge in [0.1, 0.15) is 0 Å². The van der Waals surface area contributed by atoms with Crippen molar-refractivity contribution < 1.29 is 9.53 Å². The summed E-state index contributed by atoms with van der Waals surface area (Å²) in [5, 5.41) is 3.91. The van der Waals surface area contributed by atoms with Crippen molar-refractivity contribution in [2.75, 3.05) is 7.11 Å². The summed E-state index contributed by atoms with van der Waals surface area (Å²) in [6.45, 7) is 4.41. The summed E-state index contributed by atoms with van der Waals surface area (Å²) in [5.74, 6) is 0.562. The number of carbonyl (C=O) groups is 1. The number of nitrogens with one attached hydrogen (secondary N) is 1. The maximum Gasteiger partial charge on any atom is 0.237 e. The van der Waals surface area contributed by atoms with Gasteiger partial charge >= 0.3 is 0 Å². The summed E-state index contributed by atoms with van der Waals surface area (Å²) in [5.41, 5.74) is 7.76. The lowest BCUT2D eigenvalue weighted by atomic mass is 9.99. The van der Waals surface area contributed by atoms with Crippen molar-refractivity contribution in [3.63, 3.8) is 0 Å². The minimum absolute atomic E-state index is 0.130. The number of fused-ring (bicyclic) bond motifs is 1. The highest BCUT2D eigenvalue weighted by Crippen LogP contribution is 2.21. The molecule has 5 heteroatoms. The Morgan fingerprint density at radius 2 is 2.14 bits per heavy atom. The van der Waals surface area contributed by atoms with Crippen molar-refractivity contribution in [1.29, 1.82) is 0 Å². The lowest BCUT2D eigenvalue weighted by Crippen LogP contribution is -2.44. The Hall–Kier alpha value is -2.14. The van der Waals surface area contributed by atoms with Crippen LogP contribution >= 0.6 is 0 Å². The van der Waals surface area contributed by atoms with Crippen molar-refractivity contribution in [2.45, 2.75) is 32.9 Å². The molecular weight excluding hydrogens is 278 g/mol. The first-order valence-corrected chi connectivity index (χ1v) is 7.52. The van der Waals surface area contributed by atoms with Crippen molar-refractivity contribution in [3.05, 3.63) is 35.9 Å². The number of hydrogen-bond acceptors (Lipinski definition) is 4. The highest BCUT2D eigenvalue weighted by Gasteiger charge is 2.19. The number of hydrogen-bond donors (Lipinski definition) is 2. The van der Waals surface area contributed by atoms with Crippen LogP contribution in [-0.4, -0.2) is 24.0 Å². The van der Waals surface area contributed by atoms with Gasteiger partial charge in [-0.15, -0.1) is 0 Å². The van der Waals surface area contributed by atoms with E-state index in [1.807, 2.05) is 44.2 Å². The van der Waals surface area contributed by atoms with E-state index in [2.05, 4.69) is 10.3 Å². The van der Waals surface area contributed by atoms with Crippen molar-refractivity contribution in [1.82, 2.24) is 10.3 Å². The van der Waals surface area contributed by atoms with Crippen LogP contribution in [0, 0.1) is 5.92 Å². The van der Waals surface area contributed by atoms with E-state index in [0.717, 1.165) is 22.9 Å². The highest BCUT2D eigenvalue weighted by atomic mass is 16.5. The Labute approximate surface area is 130 Å². The molecule has 0 aliphatic heterocycles. The fraction of sp³-hybridized carbons (Fsp3) is 0.412. The number of methoxy groups -OCH3 is 1. The summed E-state index contributed by atoms with van der Waals surface area (Å²) >= 11 is 0. The molecule has 118 valence electrons. The van der Waals surface area contributed by atoms with E-state index in [1.54, 1.807) is 7.11 Å². The third-order valence-electron chi connectivity index (χ3n) is 4.00. The predicted octanol–water partition coefficient (Wildman–Crippen LogP) is 2.23. The molecule has 1 aromatic carbocycles.